The smallest absolute Gasteiger partial charge is 0.314 e. The molecule has 2 aromatic carbocycles. The summed E-state index contributed by atoms with van der Waals surface area (Å²) in [6.07, 6.45) is -1.26. The number of carbonyl (C=O) groups excluding carboxylic acids is 1. The largest absolute Gasteiger partial charge is 0.506 e. The lowest BCUT2D eigenvalue weighted by Crippen LogP contribution is -2.58. The molecule has 1 heterocycles. The van der Waals surface area contributed by atoms with Gasteiger partial charge in [-0.25, -0.2) is 4.39 Å². The van der Waals surface area contributed by atoms with Gasteiger partial charge in [-0.3, -0.25) is 9.59 Å². The number of carbonyl (C=O) groups is 2. The highest BCUT2D eigenvalue weighted by molar-refractivity contribution is 6.32. The minimum Gasteiger partial charge on any atom is -0.506 e. The van der Waals surface area contributed by atoms with Crippen molar-refractivity contribution < 1.29 is 29.3 Å². The second kappa shape index (κ2) is 7.77. The van der Waals surface area contributed by atoms with E-state index in [2.05, 4.69) is 0 Å². The maximum Gasteiger partial charge on any atom is 0.314 e. The van der Waals surface area contributed by atoms with E-state index >= 15 is 0 Å². The molecule has 0 aromatic heterocycles. The number of halogens is 2. The summed E-state index contributed by atoms with van der Waals surface area (Å²) in [7, 11) is 0. The topological polar surface area (TPSA) is 98.1 Å². The molecule has 1 aliphatic heterocycles. The molecule has 1 saturated heterocycles. The fourth-order valence-electron chi connectivity index (χ4n) is 3.55. The highest BCUT2D eigenvalue weighted by Gasteiger charge is 2.50. The van der Waals surface area contributed by atoms with Crippen molar-refractivity contribution in [2.24, 2.45) is 5.41 Å². The van der Waals surface area contributed by atoms with Gasteiger partial charge < -0.3 is 20.2 Å². The van der Waals surface area contributed by atoms with Crippen molar-refractivity contribution in [2.45, 2.75) is 18.9 Å². The van der Waals surface area contributed by atoms with Crippen LogP contribution in [0.2, 0.25) is 5.02 Å². The summed E-state index contributed by atoms with van der Waals surface area (Å²) in [6, 6.07) is 9.54. The number of aliphatic hydroxyl groups is 1. The Labute approximate surface area is 165 Å². The van der Waals surface area contributed by atoms with Crippen LogP contribution in [-0.2, 0) is 11.2 Å². The second-order valence-corrected chi connectivity index (χ2v) is 7.37. The Kier molecular flexibility index (Phi) is 5.58. The summed E-state index contributed by atoms with van der Waals surface area (Å²) in [5.41, 5.74) is -1.10. The van der Waals surface area contributed by atoms with E-state index in [1.165, 1.54) is 41.3 Å². The van der Waals surface area contributed by atoms with Crippen molar-refractivity contribution in [3.8, 4) is 5.75 Å². The molecule has 0 saturated carbocycles. The Bertz CT molecular complexity index is 921. The highest BCUT2D eigenvalue weighted by atomic mass is 35.5. The van der Waals surface area contributed by atoms with Gasteiger partial charge in [0.1, 0.15) is 17.0 Å². The SMILES string of the molecule is O=C(c1ccc(Cl)c(O)c1)N1CC[C@@H](O)[C@](Cc2cccc(F)c2)(C(=O)O)C1. The number of amides is 1. The van der Waals surface area contributed by atoms with E-state index in [1.54, 1.807) is 6.07 Å². The number of phenolic OH excluding ortho intramolecular Hbond substituents is 1. The lowest BCUT2D eigenvalue weighted by atomic mass is 9.72. The first-order valence-corrected chi connectivity index (χ1v) is 9.04. The molecule has 0 radical (unpaired) electrons. The van der Waals surface area contributed by atoms with E-state index in [0.29, 0.717) is 5.56 Å². The van der Waals surface area contributed by atoms with E-state index in [9.17, 15) is 29.3 Å². The summed E-state index contributed by atoms with van der Waals surface area (Å²) in [5, 5.41) is 30.2. The molecule has 8 heteroatoms. The van der Waals surface area contributed by atoms with Crippen LogP contribution in [0.4, 0.5) is 4.39 Å². The third-order valence-electron chi connectivity index (χ3n) is 5.10. The molecule has 2 aromatic rings. The second-order valence-electron chi connectivity index (χ2n) is 6.97. The Morgan fingerprint density at radius 2 is 2.00 bits per heavy atom. The quantitative estimate of drug-likeness (QED) is 0.724. The van der Waals surface area contributed by atoms with E-state index in [1.807, 2.05) is 0 Å². The van der Waals surface area contributed by atoms with Gasteiger partial charge in [0, 0.05) is 18.7 Å². The zero-order valence-corrected chi connectivity index (χ0v) is 15.6. The number of hydrogen-bond acceptors (Lipinski definition) is 4. The Morgan fingerprint density at radius 1 is 1.25 bits per heavy atom. The van der Waals surface area contributed by atoms with Gasteiger partial charge in [0.25, 0.3) is 5.91 Å². The van der Waals surface area contributed by atoms with Gasteiger partial charge in [-0.05, 0) is 48.7 Å². The number of hydrogen-bond donors (Lipinski definition) is 3. The summed E-state index contributed by atoms with van der Waals surface area (Å²) in [4.78, 5) is 26.3. The van der Waals surface area contributed by atoms with E-state index < -0.39 is 29.2 Å². The fraction of sp³-hybridized carbons (Fsp3) is 0.300. The van der Waals surface area contributed by atoms with Crippen LogP contribution in [0.5, 0.6) is 5.75 Å². The van der Waals surface area contributed by atoms with Crippen molar-refractivity contribution in [2.75, 3.05) is 13.1 Å². The first-order chi connectivity index (χ1) is 13.2. The van der Waals surface area contributed by atoms with Gasteiger partial charge >= 0.3 is 5.97 Å². The minimum atomic E-state index is -1.67. The number of likely N-dealkylation sites (tertiary alicyclic amines) is 1. The Morgan fingerprint density at radius 3 is 2.64 bits per heavy atom. The zero-order chi connectivity index (χ0) is 20.5. The van der Waals surface area contributed by atoms with Crippen molar-refractivity contribution in [3.05, 3.63) is 64.4 Å². The van der Waals surface area contributed by atoms with Crippen molar-refractivity contribution in [3.63, 3.8) is 0 Å². The van der Waals surface area contributed by atoms with Crippen molar-refractivity contribution >= 4 is 23.5 Å². The standard InChI is InChI=1S/C20H19ClFNO5/c21-15-5-4-13(9-16(15)24)18(26)23-7-6-17(25)20(11-23,19(27)28)10-12-2-1-3-14(22)8-12/h1-5,8-9,17,24-25H,6-7,10-11H2,(H,27,28)/t17-,20-/m1/s1. The number of aliphatic hydroxyl groups excluding tert-OH is 1. The molecule has 1 fully saturated rings. The molecule has 0 unspecified atom stereocenters. The van der Waals surface area contributed by atoms with Gasteiger partial charge in [0.05, 0.1) is 11.1 Å². The monoisotopic (exact) mass is 407 g/mol. The number of aromatic hydroxyl groups is 1. The van der Waals surface area contributed by atoms with Gasteiger partial charge in [0.2, 0.25) is 0 Å². The van der Waals surface area contributed by atoms with Gasteiger partial charge in [-0.15, -0.1) is 0 Å². The first kappa shape index (κ1) is 20.1. The van der Waals surface area contributed by atoms with Crippen LogP contribution >= 0.6 is 11.6 Å². The predicted octanol–water partition coefficient (Wildman–Crippen LogP) is 2.71. The number of phenols is 1. The van der Waals surface area contributed by atoms with Crippen LogP contribution < -0.4 is 0 Å². The summed E-state index contributed by atoms with van der Waals surface area (Å²) < 4.78 is 13.5. The molecule has 1 amide bonds. The van der Waals surface area contributed by atoms with E-state index in [0.717, 1.165) is 0 Å². The predicted molar refractivity (Wildman–Crippen MR) is 99.8 cm³/mol. The number of carboxylic acid groups (broad SMARTS) is 1. The number of nitrogens with zero attached hydrogens (tertiary/aromatic N) is 1. The lowest BCUT2D eigenvalue weighted by molar-refractivity contribution is -0.161. The van der Waals surface area contributed by atoms with Crippen molar-refractivity contribution in [1.29, 1.82) is 0 Å². The van der Waals surface area contributed by atoms with Crippen LogP contribution in [0.15, 0.2) is 42.5 Å². The number of rotatable bonds is 4. The van der Waals surface area contributed by atoms with Crippen LogP contribution in [0.25, 0.3) is 0 Å². The molecule has 3 rings (SSSR count). The number of benzene rings is 2. The molecule has 6 nitrogen and oxygen atoms in total. The average Bonchev–Trinajstić information content (AvgIpc) is 2.65. The summed E-state index contributed by atoms with van der Waals surface area (Å²) in [6.45, 7) is -0.0934. The van der Waals surface area contributed by atoms with Gasteiger partial charge in [-0.1, -0.05) is 23.7 Å². The van der Waals surface area contributed by atoms with Crippen LogP contribution in [-0.4, -0.2) is 51.3 Å². The normalized spacial score (nSPS) is 22.1. The average molecular weight is 408 g/mol. The molecule has 148 valence electrons. The zero-order valence-electron chi connectivity index (χ0n) is 14.8. The Balaban J connectivity index is 1.91. The lowest BCUT2D eigenvalue weighted by Gasteiger charge is -2.43. The third kappa shape index (κ3) is 3.81. The van der Waals surface area contributed by atoms with Gasteiger partial charge in [0.15, 0.2) is 0 Å². The third-order valence-corrected chi connectivity index (χ3v) is 5.42. The van der Waals surface area contributed by atoms with E-state index in [-0.39, 0.29) is 42.3 Å². The molecule has 0 bridgehead atoms. The number of aliphatic carboxylic acids is 1. The molecular weight excluding hydrogens is 389 g/mol. The first-order valence-electron chi connectivity index (χ1n) is 8.66. The maximum absolute atomic E-state index is 13.5. The number of carboxylic acids is 1. The fourth-order valence-corrected chi connectivity index (χ4v) is 3.67. The molecule has 0 spiro atoms. The molecule has 28 heavy (non-hydrogen) atoms. The molecule has 2 atom stereocenters. The summed E-state index contributed by atoms with van der Waals surface area (Å²) in [5.74, 6) is -2.51. The molecular formula is C20H19ClFNO5. The van der Waals surface area contributed by atoms with Crippen LogP contribution in [0.3, 0.4) is 0 Å². The number of piperidine rings is 1. The van der Waals surface area contributed by atoms with Gasteiger partial charge in [-0.2, -0.15) is 0 Å². The maximum atomic E-state index is 13.5. The molecule has 3 N–H and O–H groups in total. The minimum absolute atomic E-state index is 0.0624. The Hall–Kier alpha value is -2.64. The van der Waals surface area contributed by atoms with E-state index in [4.69, 9.17) is 11.6 Å². The molecule has 0 aliphatic carbocycles. The van der Waals surface area contributed by atoms with Crippen molar-refractivity contribution in [1.82, 2.24) is 4.90 Å². The highest BCUT2D eigenvalue weighted by Crippen LogP contribution is 2.36. The summed E-state index contributed by atoms with van der Waals surface area (Å²) >= 11 is 5.76. The molecule has 1 aliphatic rings. The van der Waals surface area contributed by atoms with Crippen LogP contribution in [0, 0.1) is 11.2 Å². The van der Waals surface area contributed by atoms with Crippen LogP contribution in [0.1, 0.15) is 22.3 Å².